The number of rotatable bonds is 2. The van der Waals surface area contributed by atoms with E-state index in [0.717, 1.165) is 31.6 Å². The van der Waals surface area contributed by atoms with E-state index in [1.54, 1.807) is 0 Å². The van der Waals surface area contributed by atoms with Crippen LogP contribution >= 0.6 is 0 Å². The number of benzene rings is 1. The van der Waals surface area contributed by atoms with E-state index in [2.05, 4.69) is 34.1 Å². The second-order valence-corrected chi connectivity index (χ2v) is 6.29. The van der Waals surface area contributed by atoms with Crippen LogP contribution in [-0.2, 0) is 6.54 Å². The van der Waals surface area contributed by atoms with Crippen molar-refractivity contribution >= 4 is 10.9 Å². The molecule has 1 N–H and O–H groups in total. The summed E-state index contributed by atoms with van der Waals surface area (Å²) in [5.74, 6) is 1.23. The molecule has 3 unspecified atom stereocenters. The smallest absolute Gasteiger partial charge is 0.0702 e. The van der Waals surface area contributed by atoms with Gasteiger partial charge in [0.25, 0.3) is 0 Å². The fourth-order valence-corrected chi connectivity index (χ4v) is 3.94. The lowest BCUT2D eigenvalue weighted by molar-refractivity contribution is 0.123. The van der Waals surface area contributed by atoms with Crippen molar-refractivity contribution in [2.45, 2.75) is 25.5 Å². The van der Waals surface area contributed by atoms with Crippen LogP contribution < -0.4 is 0 Å². The Hall–Kier alpha value is -1.45. The first-order valence-electron chi connectivity index (χ1n) is 7.54. The molecule has 4 rings (SSSR count). The second-order valence-electron chi connectivity index (χ2n) is 6.29. The Morgan fingerprint density at radius 1 is 1.20 bits per heavy atom. The Balaban J connectivity index is 1.51. The molecule has 1 aliphatic carbocycles. The highest BCUT2D eigenvalue weighted by Gasteiger charge is 2.41. The van der Waals surface area contributed by atoms with Crippen LogP contribution in [-0.4, -0.2) is 34.2 Å². The highest BCUT2D eigenvalue weighted by atomic mass is 16.3. The molecule has 2 aromatic rings. The standard InChI is InChI=1S/C17H20N2O/c20-17-6-4-14-10-19(11-15(14)17)9-12-3-5-16-13(8-12)2-1-7-18-16/h1-3,5,7-8,14-15,17,20H,4,6,9-11H2. The summed E-state index contributed by atoms with van der Waals surface area (Å²) in [6, 6.07) is 10.6. The predicted molar refractivity (Wildman–Crippen MR) is 79.2 cm³/mol. The van der Waals surface area contributed by atoms with E-state index in [1.165, 1.54) is 17.4 Å². The first-order valence-corrected chi connectivity index (χ1v) is 7.54. The maximum Gasteiger partial charge on any atom is 0.0702 e. The van der Waals surface area contributed by atoms with E-state index in [0.29, 0.717) is 11.8 Å². The second kappa shape index (κ2) is 4.83. The van der Waals surface area contributed by atoms with Crippen molar-refractivity contribution in [3.8, 4) is 0 Å². The van der Waals surface area contributed by atoms with Gasteiger partial charge in [-0.25, -0.2) is 0 Å². The maximum atomic E-state index is 9.99. The van der Waals surface area contributed by atoms with Gasteiger partial charge in [0, 0.05) is 37.1 Å². The molecule has 1 saturated carbocycles. The van der Waals surface area contributed by atoms with Crippen molar-refractivity contribution in [3.05, 3.63) is 42.1 Å². The van der Waals surface area contributed by atoms with E-state index < -0.39 is 0 Å². The number of likely N-dealkylation sites (tertiary alicyclic amines) is 1. The molecule has 0 radical (unpaired) electrons. The van der Waals surface area contributed by atoms with Gasteiger partial charge in [-0.3, -0.25) is 9.88 Å². The van der Waals surface area contributed by atoms with Gasteiger partial charge in [-0.1, -0.05) is 12.1 Å². The number of aromatic nitrogens is 1. The average molecular weight is 268 g/mol. The number of hydrogen-bond acceptors (Lipinski definition) is 3. The number of aliphatic hydroxyl groups excluding tert-OH is 1. The van der Waals surface area contributed by atoms with Crippen LogP contribution in [0.25, 0.3) is 10.9 Å². The molecule has 3 atom stereocenters. The number of aliphatic hydroxyl groups is 1. The molecule has 1 aromatic heterocycles. The van der Waals surface area contributed by atoms with E-state index in [4.69, 9.17) is 0 Å². The molecule has 20 heavy (non-hydrogen) atoms. The van der Waals surface area contributed by atoms with Gasteiger partial charge in [-0.2, -0.15) is 0 Å². The summed E-state index contributed by atoms with van der Waals surface area (Å²) < 4.78 is 0. The molecule has 2 aliphatic rings. The fourth-order valence-electron chi connectivity index (χ4n) is 3.94. The minimum atomic E-state index is -0.0641. The lowest BCUT2D eigenvalue weighted by atomic mass is 10.00. The number of hydrogen-bond donors (Lipinski definition) is 1. The molecule has 1 saturated heterocycles. The molecule has 104 valence electrons. The molecule has 3 nitrogen and oxygen atoms in total. The van der Waals surface area contributed by atoms with Gasteiger partial charge in [0.2, 0.25) is 0 Å². The van der Waals surface area contributed by atoms with E-state index >= 15 is 0 Å². The quantitative estimate of drug-likeness (QED) is 0.909. The van der Waals surface area contributed by atoms with Crippen molar-refractivity contribution < 1.29 is 5.11 Å². The van der Waals surface area contributed by atoms with Crippen LogP contribution in [0.5, 0.6) is 0 Å². The van der Waals surface area contributed by atoms with Crippen LogP contribution in [0.3, 0.4) is 0 Å². The van der Waals surface area contributed by atoms with Gasteiger partial charge in [0.05, 0.1) is 11.6 Å². The van der Waals surface area contributed by atoms with Crippen LogP contribution in [0.1, 0.15) is 18.4 Å². The Morgan fingerprint density at radius 2 is 2.15 bits per heavy atom. The summed E-state index contributed by atoms with van der Waals surface area (Å²) in [5, 5.41) is 11.2. The number of nitrogens with zero attached hydrogens (tertiary/aromatic N) is 2. The average Bonchev–Trinajstić information content (AvgIpc) is 3.01. The Labute approximate surface area is 119 Å². The summed E-state index contributed by atoms with van der Waals surface area (Å²) in [7, 11) is 0. The van der Waals surface area contributed by atoms with Gasteiger partial charge in [-0.05, 0) is 42.5 Å². The largest absolute Gasteiger partial charge is 0.393 e. The third kappa shape index (κ3) is 2.11. The van der Waals surface area contributed by atoms with Crippen molar-refractivity contribution in [3.63, 3.8) is 0 Å². The highest BCUT2D eigenvalue weighted by Crippen LogP contribution is 2.38. The summed E-state index contributed by atoms with van der Waals surface area (Å²) in [4.78, 5) is 6.86. The minimum absolute atomic E-state index is 0.0641. The molecule has 2 fully saturated rings. The highest BCUT2D eigenvalue weighted by molar-refractivity contribution is 5.78. The zero-order valence-electron chi connectivity index (χ0n) is 11.6. The van der Waals surface area contributed by atoms with Crippen LogP contribution in [0.2, 0.25) is 0 Å². The van der Waals surface area contributed by atoms with E-state index in [-0.39, 0.29) is 6.10 Å². The molecule has 1 aromatic carbocycles. The Kier molecular flexibility index (Phi) is 2.97. The van der Waals surface area contributed by atoms with Gasteiger partial charge in [0.1, 0.15) is 0 Å². The molecule has 3 heteroatoms. The third-order valence-electron chi connectivity index (χ3n) is 4.97. The summed E-state index contributed by atoms with van der Waals surface area (Å²) in [5.41, 5.74) is 2.41. The summed E-state index contributed by atoms with van der Waals surface area (Å²) in [6.45, 7) is 3.19. The topological polar surface area (TPSA) is 36.4 Å². The van der Waals surface area contributed by atoms with Crippen LogP contribution in [0.4, 0.5) is 0 Å². The summed E-state index contributed by atoms with van der Waals surface area (Å²) in [6.07, 6.45) is 3.98. The predicted octanol–water partition coefficient (Wildman–Crippen LogP) is 2.44. The van der Waals surface area contributed by atoms with Gasteiger partial charge in [0.15, 0.2) is 0 Å². The van der Waals surface area contributed by atoms with Crippen molar-refractivity contribution in [1.29, 1.82) is 0 Å². The van der Waals surface area contributed by atoms with Crippen molar-refractivity contribution in [2.24, 2.45) is 11.8 Å². The first kappa shape index (κ1) is 12.3. The zero-order valence-corrected chi connectivity index (χ0v) is 11.6. The van der Waals surface area contributed by atoms with Crippen molar-refractivity contribution in [1.82, 2.24) is 9.88 Å². The minimum Gasteiger partial charge on any atom is -0.393 e. The number of pyridine rings is 1. The van der Waals surface area contributed by atoms with E-state index in [1.807, 2.05) is 12.3 Å². The molecule has 0 spiro atoms. The van der Waals surface area contributed by atoms with Crippen molar-refractivity contribution in [2.75, 3.05) is 13.1 Å². The van der Waals surface area contributed by atoms with Crippen LogP contribution in [0, 0.1) is 11.8 Å². The Morgan fingerprint density at radius 3 is 3.05 bits per heavy atom. The molecule has 0 bridgehead atoms. The van der Waals surface area contributed by atoms with Crippen LogP contribution in [0.15, 0.2) is 36.5 Å². The molecule has 2 heterocycles. The van der Waals surface area contributed by atoms with E-state index in [9.17, 15) is 5.11 Å². The first-order chi connectivity index (χ1) is 9.79. The third-order valence-corrected chi connectivity index (χ3v) is 4.97. The lowest BCUT2D eigenvalue weighted by Gasteiger charge is -2.18. The fraction of sp³-hybridized carbons (Fsp3) is 0.471. The zero-order chi connectivity index (χ0) is 13.5. The van der Waals surface area contributed by atoms with Gasteiger partial charge >= 0.3 is 0 Å². The SMILES string of the molecule is OC1CCC2CN(Cc3ccc4ncccc4c3)CC12. The number of fused-ring (bicyclic) bond motifs is 2. The van der Waals surface area contributed by atoms with Gasteiger partial charge in [-0.15, -0.1) is 0 Å². The molecule has 1 aliphatic heterocycles. The maximum absolute atomic E-state index is 9.99. The molecular formula is C17H20N2O. The molecule has 0 amide bonds. The summed E-state index contributed by atoms with van der Waals surface area (Å²) >= 11 is 0. The Bertz CT molecular complexity index is 627. The van der Waals surface area contributed by atoms with Gasteiger partial charge < -0.3 is 5.11 Å². The normalized spacial score (nSPS) is 29.9. The monoisotopic (exact) mass is 268 g/mol. The lowest BCUT2D eigenvalue weighted by Crippen LogP contribution is -2.24. The molecular weight excluding hydrogens is 248 g/mol.